The summed E-state index contributed by atoms with van der Waals surface area (Å²) in [6, 6.07) is 5.24. The summed E-state index contributed by atoms with van der Waals surface area (Å²) in [5, 5.41) is 3.50. The summed E-state index contributed by atoms with van der Waals surface area (Å²) >= 11 is 0. The average Bonchev–Trinajstić information content (AvgIpc) is 2.91. The van der Waals surface area contributed by atoms with E-state index in [-0.39, 0.29) is 11.2 Å². The van der Waals surface area contributed by atoms with Crippen LogP contribution in [0.1, 0.15) is 38.7 Å². The van der Waals surface area contributed by atoms with Crippen LogP contribution in [0.3, 0.4) is 0 Å². The first-order valence-corrected chi connectivity index (χ1v) is 9.50. The number of hydrogen-bond acceptors (Lipinski definition) is 2. The fourth-order valence-corrected chi connectivity index (χ4v) is 4.94. The van der Waals surface area contributed by atoms with Crippen LogP contribution < -0.4 is 5.32 Å². The van der Waals surface area contributed by atoms with Crippen molar-refractivity contribution in [2.24, 2.45) is 17.8 Å². The van der Waals surface area contributed by atoms with Crippen LogP contribution in [0, 0.1) is 23.6 Å². The van der Waals surface area contributed by atoms with Crippen molar-refractivity contribution in [1.29, 1.82) is 0 Å². The van der Waals surface area contributed by atoms with E-state index in [9.17, 15) is 4.39 Å². The lowest BCUT2D eigenvalue weighted by atomic mass is 9.73. The molecule has 2 nitrogen and oxygen atoms in total. The molecule has 2 aliphatic heterocycles. The van der Waals surface area contributed by atoms with E-state index in [4.69, 9.17) is 0 Å². The summed E-state index contributed by atoms with van der Waals surface area (Å²) in [7, 11) is 0. The molecule has 1 aromatic rings. The second-order valence-corrected chi connectivity index (χ2v) is 8.34. The molecule has 2 heterocycles. The van der Waals surface area contributed by atoms with Crippen LogP contribution in [0.2, 0.25) is 0 Å². The molecule has 1 fully saturated rings. The maximum Gasteiger partial charge on any atom is 0.123 e. The van der Waals surface area contributed by atoms with E-state index in [1.165, 1.54) is 18.5 Å². The van der Waals surface area contributed by atoms with Gasteiger partial charge >= 0.3 is 0 Å². The van der Waals surface area contributed by atoms with Gasteiger partial charge in [0.05, 0.1) is 0 Å². The number of halogens is 1. The molecule has 1 aliphatic carbocycles. The van der Waals surface area contributed by atoms with Crippen LogP contribution in [-0.2, 0) is 5.41 Å². The molecule has 130 valence electrons. The quantitative estimate of drug-likeness (QED) is 0.808. The summed E-state index contributed by atoms with van der Waals surface area (Å²) in [6.45, 7) is 9.15. The Kier molecular flexibility index (Phi) is 4.16. The van der Waals surface area contributed by atoms with E-state index in [0.717, 1.165) is 50.0 Å². The first-order valence-electron chi connectivity index (χ1n) is 9.50. The van der Waals surface area contributed by atoms with Crippen LogP contribution in [0.25, 0.3) is 0 Å². The molecule has 1 aromatic carbocycles. The zero-order valence-corrected chi connectivity index (χ0v) is 14.9. The highest BCUT2D eigenvalue weighted by Gasteiger charge is 2.42. The molecule has 24 heavy (non-hydrogen) atoms. The number of piperidine rings is 1. The lowest BCUT2D eigenvalue weighted by Gasteiger charge is -2.42. The molecule has 0 aromatic heterocycles. The molecule has 1 spiro atoms. The van der Waals surface area contributed by atoms with Gasteiger partial charge in [0.2, 0.25) is 0 Å². The van der Waals surface area contributed by atoms with E-state index in [1.54, 1.807) is 12.1 Å². The predicted molar refractivity (Wildman–Crippen MR) is 97.8 cm³/mol. The molecule has 1 N–H and O–H groups in total. The summed E-state index contributed by atoms with van der Waals surface area (Å²) in [4.78, 5) is 2.65. The van der Waals surface area contributed by atoms with Gasteiger partial charge < -0.3 is 10.2 Å². The number of anilines is 1. The predicted octanol–water partition coefficient (Wildman–Crippen LogP) is 4.43. The van der Waals surface area contributed by atoms with Gasteiger partial charge in [0.15, 0.2) is 0 Å². The Labute approximate surface area is 145 Å². The van der Waals surface area contributed by atoms with Crippen LogP contribution in [0.4, 0.5) is 10.1 Å². The van der Waals surface area contributed by atoms with Crippen molar-refractivity contribution in [3.05, 3.63) is 41.7 Å². The third-order valence-corrected chi connectivity index (χ3v) is 6.64. The van der Waals surface area contributed by atoms with Crippen molar-refractivity contribution in [3.8, 4) is 0 Å². The van der Waals surface area contributed by atoms with E-state index in [1.807, 2.05) is 6.07 Å². The monoisotopic (exact) mass is 328 g/mol. The van der Waals surface area contributed by atoms with Crippen LogP contribution in [-0.4, -0.2) is 31.1 Å². The molecule has 4 rings (SSSR count). The molecule has 0 saturated carbocycles. The summed E-state index contributed by atoms with van der Waals surface area (Å²) < 4.78 is 13.7. The Bertz CT molecular complexity index is 631. The van der Waals surface area contributed by atoms with E-state index in [2.05, 4.69) is 36.2 Å². The van der Waals surface area contributed by atoms with Gasteiger partial charge in [-0.2, -0.15) is 0 Å². The Morgan fingerprint density at radius 3 is 2.79 bits per heavy atom. The van der Waals surface area contributed by atoms with Crippen molar-refractivity contribution < 1.29 is 4.39 Å². The molecule has 3 heteroatoms. The lowest BCUT2D eigenvalue weighted by molar-refractivity contribution is 0.128. The lowest BCUT2D eigenvalue weighted by Crippen LogP contribution is -2.46. The van der Waals surface area contributed by atoms with E-state index in [0.29, 0.717) is 5.92 Å². The Morgan fingerprint density at radius 2 is 2.00 bits per heavy atom. The van der Waals surface area contributed by atoms with Gasteiger partial charge in [-0.3, -0.25) is 0 Å². The van der Waals surface area contributed by atoms with E-state index < -0.39 is 0 Å². The zero-order valence-electron chi connectivity index (χ0n) is 14.9. The van der Waals surface area contributed by atoms with Gasteiger partial charge in [-0.05, 0) is 73.9 Å². The highest BCUT2D eigenvalue weighted by atomic mass is 19.1. The minimum Gasteiger partial charge on any atom is -0.384 e. The van der Waals surface area contributed by atoms with Gasteiger partial charge in [-0.15, -0.1) is 0 Å². The number of allylic oxidation sites excluding steroid dienone is 2. The van der Waals surface area contributed by atoms with Gasteiger partial charge in [0.25, 0.3) is 0 Å². The maximum absolute atomic E-state index is 13.7. The fraction of sp³-hybridized carbons (Fsp3) is 0.619. The van der Waals surface area contributed by atoms with Gasteiger partial charge in [0, 0.05) is 24.2 Å². The summed E-state index contributed by atoms with van der Waals surface area (Å²) in [5.74, 6) is 2.10. The third kappa shape index (κ3) is 2.88. The maximum atomic E-state index is 13.7. The minimum absolute atomic E-state index is 0.101. The van der Waals surface area contributed by atoms with Crippen molar-refractivity contribution in [1.82, 2.24) is 4.90 Å². The normalized spacial score (nSPS) is 31.9. The molecule has 0 unspecified atom stereocenters. The number of fused-ring (bicyclic) bond motifs is 2. The molecular formula is C21H29FN2. The number of likely N-dealkylation sites (tertiary alicyclic amines) is 1. The minimum atomic E-state index is -0.101. The van der Waals surface area contributed by atoms with Crippen molar-refractivity contribution >= 4 is 5.69 Å². The molecule has 1 saturated heterocycles. The van der Waals surface area contributed by atoms with E-state index >= 15 is 0 Å². The first kappa shape index (κ1) is 16.1. The largest absolute Gasteiger partial charge is 0.384 e. The molecule has 3 aliphatic rings. The fourth-order valence-electron chi connectivity index (χ4n) is 4.94. The van der Waals surface area contributed by atoms with Gasteiger partial charge in [0.1, 0.15) is 5.82 Å². The standard InChI is InChI=1S/C21H29FN2/c1-15-3-4-16(2)17(11-15)13-24-9-7-21(8-10-24)14-23-20-6-5-18(22)12-19(20)21/h3-6,12,15-17,23H,7-11,13-14H2,1-2H3/t15-,16+,17-/m0/s1. The number of nitrogens with zero attached hydrogens (tertiary/aromatic N) is 1. The first-order chi connectivity index (χ1) is 11.6. The van der Waals surface area contributed by atoms with Crippen LogP contribution in [0.15, 0.2) is 30.4 Å². The number of nitrogens with one attached hydrogen (secondary N) is 1. The van der Waals surface area contributed by atoms with Crippen molar-refractivity contribution in [2.45, 2.75) is 38.5 Å². The molecule has 3 atom stereocenters. The Balaban J connectivity index is 1.41. The highest BCUT2D eigenvalue weighted by Crippen LogP contribution is 2.44. The third-order valence-electron chi connectivity index (χ3n) is 6.64. The van der Waals surface area contributed by atoms with Gasteiger partial charge in [-0.1, -0.05) is 26.0 Å². The number of benzene rings is 1. The molecule has 0 radical (unpaired) electrons. The Hall–Kier alpha value is -1.35. The van der Waals surface area contributed by atoms with Crippen molar-refractivity contribution in [3.63, 3.8) is 0 Å². The van der Waals surface area contributed by atoms with Crippen molar-refractivity contribution in [2.75, 3.05) is 31.5 Å². The SMILES string of the molecule is C[C@@H]1C=C[C@H](C)C[C@H]1CN1CCC2(CC1)CNc1ccc(F)cc12. The average molecular weight is 328 g/mol. The second kappa shape index (κ2) is 6.18. The Morgan fingerprint density at radius 1 is 1.21 bits per heavy atom. The number of hydrogen-bond donors (Lipinski definition) is 1. The zero-order chi connectivity index (χ0) is 16.7. The smallest absolute Gasteiger partial charge is 0.123 e. The second-order valence-electron chi connectivity index (χ2n) is 8.34. The number of rotatable bonds is 2. The van der Waals surface area contributed by atoms with Crippen LogP contribution in [0.5, 0.6) is 0 Å². The topological polar surface area (TPSA) is 15.3 Å². The van der Waals surface area contributed by atoms with Gasteiger partial charge in [-0.25, -0.2) is 4.39 Å². The molecule has 0 amide bonds. The van der Waals surface area contributed by atoms with Crippen LogP contribution >= 0.6 is 0 Å². The molecule has 0 bridgehead atoms. The summed E-state index contributed by atoms with van der Waals surface area (Å²) in [6.07, 6.45) is 8.38. The summed E-state index contributed by atoms with van der Waals surface area (Å²) in [5.41, 5.74) is 2.51. The molecular weight excluding hydrogens is 299 g/mol. The highest BCUT2D eigenvalue weighted by molar-refractivity contribution is 5.60.